The van der Waals surface area contributed by atoms with Crippen molar-refractivity contribution >= 4 is 11.6 Å². The Hall–Kier alpha value is -3.54. The van der Waals surface area contributed by atoms with Gasteiger partial charge in [-0.15, -0.1) is 0 Å². The zero-order chi connectivity index (χ0) is 25.9. The van der Waals surface area contributed by atoms with Gasteiger partial charge < -0.3 is 24.6 Å². The molecule has 0 atom stereocenters. The first-order valence-electron chi connectivity index (χ1n) is 11.0. The van der Waals surface area contributed by atoms with E-state index < -0.39 is 23.2 Å². The number of anilines is 1. The van der Waals surface area contributed by atoms with Crippen LogP contribution in [0.4, 0.5) is 18.9 Å². The lowest BCUT2D eigenvalue weighted by Crippen LogP contribution is -2.48. The van der Waals surface area contributed by atoms with E-state index in [1.54, 1.807) is 31.4 Å². The van der Waals surface area contributed by atoms with Crippen LogP contribution in [0.2, 0.25) is 0 Å². The number of ether oxygens (including phenoxy) is 3. The second-order valence-corrected chi connectivity index (χ2v) is 8.25. The quantitative estimate of drug-likeness (QED) is 0.480. The fourth-order valence-corrected chi connectivity index (χ4v) is 3.71. The third-order valence-corrected chi connectivity index (χ3v) is 5.80. The summed E-state index contributed by atoms with van der Waals surface area (Å²) in [6, 6.07) is 10.2. The van der Waals surface area contributed by atoms with Gasteiger partial charge in [-0.3, -0.25) is 9.78 Å². The number of alkyl halides is 3. The van der Waals surface area contributed by atoms with Crippen molar-refractivity contribution in [2.45, 2.75) is 18.7 Å². The van der Waals surface area contributed by atoms with Crippen molar-refractivity contribution in [3.05, 3.63) is 71.2 Å². The van der Waals surface area contributed by atoms with Crippen molar-refractivity contribution in [1.82, 2.24) is 9.97 Å². The number of hydrogen-bond acceptors (Lipinski definition) is 7. The summed E-state index contributed by atoms with van der Waals surface area (Å²) in [6.45, 7) is 2.37. The van der Waals surface area contributed by atoms with E-state index in [4.69, 9.17) is 19.3 Å². The van der Waals surface area contributed by atoms with E-state index in [2.05, 4.69) is 15.3 Å². The lowest BCUT2D eigenvalue weighted by atomic mass is 9.92. The summed E-state index contributed by atoms with van der Waals surface area (Å²) in [7, 11) is 1.56. The lowest BCUT2D eigenvalue weighted by Gasteiger charge is -2.39. The first-order valence-corrected chi connectivity index (χ1v) is 11.0. The summed E-state index contributed by atoms with van der Waals surface area (Å²) < 4.78 is 55.6. The average Bonchev–Trinajstić information content (AvgIpc) is 2.83. The number of carbonyl (C=O) groups excluding carboxylic acids is 1. The Bertz CT molecular complexity index is 1260. The molecule has 0 saturated carbocycles. The molecule has 0 radical (unpaired) electrons. The van der Waals surface area contributed by atoms with E-state index in [-0.39, 0.29) is 24.8 Å². The smallest absolute Gasteiger partial charge is 0.416 e. The maximum Gasteiger partial charge on any atom is 0.416 e. The first-order chi connectivity index (χ1) is 17.1. The number of aliphatic hydroxyl groups excluding tert-OH is 1. The molecule has 1 aliphatic rings. The Morgan fingerprint density at radius 3 is 2.61 bits per heavy atom. The Morgan fingerprint density at radius 1 is 1.19 bits per heavy atom. The average molecular weight is 503 g/mol. The number of rotatable bonds is 8. The van der Waals surface area contributed by atoms with Gasteiger partial charge in [0.15, 0.2) is 5.60 Å². The van der Waals surface area contributed by atoms with Crippen molar-refractivity contribution in [2.24, 2.45) is 0 Å². The summed E-state index contributed by atoms with van der Waals surface area (Å²) in [5.41, 5.74) is 1.21. The molecule has 36 heavy (non-hydrogen) atoms. The molecule has 2 N–H and O–H groups in total. The van der Waals surface area contributed by atoms with Crippen LogP contribution < -0.4 is 10.1 Å². The van der Waals surface area contributed by atoms with Gasteiger partial charge in [0.05, 0.1) is 31.1 Å². The topological polar surface area (TPSA) is 103 Å². The summed E-state index contributed by atoms with van der Waals surface area (Å²) in [4.78, 5) is 20.9. The minimum absolute atomic E-state index is 0.0471. The Morgan fingerprint density at radius 2 is 1.97 bits per heavy atom. The SMILES string of the molecule is COC1(c2cc(-c3cc(NC(=O)c4cc(C(F)(F)F)ccn4)ccc3C)cc(OCCO)n2)COC1. The number of hydrogen-bond donors (Lipinski definition) is 2. The van der Waals surface area contributed by atoms with E-state index in [0.717, 1.165) is 23.4 Å². The summed E-state index contributed by atoms with van der Waals surface area (Å²) in [5, 5.41) is 11.8. The van der Waals surface area contributed by atoms with Gasteiger partial charge in [-0.2, -0.15) is 13.2 Å². The van der Waals surface area contributed by atoms with Gasteiger partial charge in [0, 0.05) is 25.1 Å². The highest BCUT2D eigenvalue weighted by Gasteiger charge is 2.42. The molecule has 1 aromatic carbocycles. The standard InChI is InChI=1S/C25H24F3N3O5/c1-15-3-4-18(30-23(33)20-11-17(5-6-29-20)25(26,27)28)12-19(15)16-9-21(24(34-2)13-35-14-24)31-22(10-16)36-8-7-32/h3-6,9-12,32H,7-8,13-14H2,1-2H3,(H,30,33). The van der Waals surface area contributed by atoms with Crippen LogP contribution in [-0.4, -0.2) is 54.5 Å². The highest BCUT2D eigenvalue weighted by Crippen LogP contribution is 2.37. The number of carbonyl (C=O) groups is 1. The van der Waals surface area contributed by atoms with E-state index in [0.29, 0.717) is 36.2 Å². The number of aryl methyl sites for hydroxylation is 1. The molecule has 2 aromatic heterocycles. The summed E-state index contributed by atoms with van der Waals surface area (Å²) in [5.74, 6) is -0.495. The molecule has 1 saturated heterocycles. The van der Waals surface area contributed by atoms with Crippen LogP contribution >= 0.6 is 0 Å². The molecule has 0 bridgehead atoms. The van der Waals surface area contributed by atoms with E-state index in [1.807, 2.05) is 13.0 Å². The molecule has 3 aromatic rings. The Balaban J connectivity index is 1.67. The molecular formula is C25H24F3N3O5. The van der Waals surface area contributed by atoms with Crippen molar-refractivity contribution in [1.29, 1.82) is 0 Å². The van der Waals surface area contributed by atoms with Crippen molar-refractivity contribution < 1.29 is 37.3 Å². The molecule has 1 amide bonds. The third-order valence-electron chi connectivity index (χ3n) is 5.80. The van der Waals surface area contributed by atoms with Crippen LogP contribution in [0.5, 0.6) is 5.88 Å². The van der Waals surface area contributed by atoms with Crippen LogP contribution in [0.1, 0.15) is 27.3 Å². The zero-order valence-electron chi connectivity index (χ0n) is 19.6. The minimum atomic E-state index is -4.59. The third kappa shape index (κ3) is 5.32. The number of pyridine rings is 2. The van der Waals surface area contributed by atoms with Crippen molar-refractivity contribution in [3.63, 3.8) is 0 Å². The number of benzene rings is 1. The molecule has 3 heterocycles. The molecule has 0 spiro atoms. The first kappa shape index (κ1) is 25.5. The maximum absolute atomic E-state index is 13.0. The molecule has 0 unspecified atom stereocenters. The summed E-state index contributed by atoms with van der Waals surface area (Å²) in [6.07, 6.45) is -3.64. The van der Waals surface area contributed by atoms with Gasteiger partial charge >= 0.3 is 6.18 Å². The van der Waals surface area contributed by atoms with Crippen LogP contribution in [0, 0.1) is 6.92 Å². The minimum Gasteiger partial charge on any atom is -0.475 e. The molecular weight excluding hydrogens is 479 g/mol. The Labute approximate surface area is 205 Å². The van der Waals surface area contributed by atoms with Crippen LogP contribution in [0.25, 0.3) is 11.1 Å². The zero-order valence-corrected chi connectivity index (χ0v) is 19.6. The predicted octanol–water partition coefficient (Wildman–Crippen LogP) is 3.97. The number of amides is 1. The molecule has 190 valence electrons. The second-order valence-electron chi connectivity index (χ2n) is 8.25. The van der Waals surface area contributed by atoms with Gasteiger partial charge in [0.25, 0.3) is 5.91 Å². The molecule has 4 rings (SSSR count). The van der Waals surface area contributed by atoms with Crippen molar-refractivity contribution in [2.75, 3.05) is 38.9 Å². The van der Waals surface area contributed by atoms with Crippen molar-refractivity contribution in [3.8, 4) is 17.0 Å². The number of nitrogens with zero attached hydrogens (tertiary/aromatic N) is 2. The van der Waals surface area contributed by atoms with Crippen LogP contribution in [0.3, 0.4) is 0 Å². The Kier molecular flexibility index (Phi) is 7.25. The van der Waals surface area contributed by atoms with Crippen LogP contribution in [0.15, 0.2) is 48.7 Å². The largest absolute Gasteiger partial charge is 0.475 e. The van der Waals surface area contributed by atoms with Gasteiger partial charge in [-0.1, -0.05) is 6.07 Å². The lowest BCUT2D eigenvalue weighted by molar-refractivity contribution is -0.204. The second kappa shape index (κ2) is 10.2. The van der Waals surface area contributed by atoms with Gasteiger partial charge in [0.2, 0.25) is 5.88 Å². The van der Waals surface area contributed by atoms with Gasteiger partial charge in [-0.05, 0) is 53.9 Å². The summed E-state index contributed by atoms with van der Waals surface area (Å²) >= 11 is 0. The molecule has 11 heteroatoms. The fourth-order valence-electron chi connectivity index (χ4n) is 3.71. The normalized spacial score (nSPS) is 14.7. The van der Waals surface area contributed by atoms with E-state index in [1.165, 1.54) is 0 Å². The maximum atomic E-state index is 13.0. The number of methoxy groups -OCH3 is 1. The predicted molar refractivity (Wildman–Crippen MR) is 124 cm³/mol. The molecule has 8 nitrogen and oxygen atoms in total. The number of halogens is 3. The highest BCUT2D eigenvalue weighted by molar-refractivity contribution is 6.03. The van der Waals surface area contributed by atoms with Gasteiger partial charge in [-0.25, -0.2) is 4.98 Å². The van der Waals surface area contributed by atoms with Gasteiger partial charge in [0.1, 0.15) is 12.3 Å². The monoisotopic (exact) mass is 503 g/mol. The number of aromatic nitrogens is 2. The fraction of sp³-hybridized carbons (Fsp3) is 0.320. The van der Waals surface area contributed by atoms with E-state index >= 15 is 0 Å². The number of aliphatic hydroxyl groups is 1. The molecule has 0 aliphatic carbocycles. The highest BCUT2D eigenvalue weighted by atomic mass is 19.4. The molecule has 1 aliphatic heterocycles. The van der Waals surface area contributed by atoms with Crippen LogP contribution in [-0.2, 0) is 21.3 Å². The van der Waals surface area contributed by atoms with E-state index in [9.17, 15) is 18.0 Å². The molecule has 1 fully saturated rings. The number of nitrogens with one attached hydrogen (secondary N) is 1.